The molecule has 3 nitrogen and oxygen atoms in total. The van der Waals surface area contributed by atoms with Gasteiger partial charge in [-0.2, -0.15) is 0 Å². The zero-order valence-electron chi connectivity index (χ0n) is 12.8. The number of halogens is 1. The molecule has 4 heteroatoms. The second-order valence-electron chi connectivity index (χ2n) is 6.26. The number of nitrogens with zero attached hydrogens (tertiary/aromatic N) is 1. The molecule has 0 saturated heterocycles. The number of hydrogen-bond acceptors (Lipinski definition) is 2. The van der Waals surface area contributed by atoms with Gasteiger partial charge in [0.1, 0.15) is 6.54 Å². The van der Waals surface area contributed by atoms with Crippen LogP contribution in [0.4, 0.5) is 5.69 Å². The van der Waals surface area contributed by atoms with E-state index >= 15 is 0 Å². The first-order valence-electron chi connectivity index (χ1n) is 7.73. The molecule has 116 valence electrons. The fraction of sp³-hybridized carbons (Fsp3) is 0.588. The Morgan fingerprint density at radius 1 is 1.38 bits per heavy atom. The lowest BCUT2D eigenvalue weighted by molar-refractivity contribution is -0.135. The molecule has 0 bridgehead atoms. The Balaban J connectivity index is 2.31. The first kappa shape index (κ1) is 16.2. The van der Waals surface area contributed by atoms with Crippen molar-refractivity contribution in [1.29, 1.82) is 0 Å². The van der Waals surface area contributed by atoms with E-state index < -0.39 is 5.97 Å². The minimum absolute atomic E-state index is 0.0359. The van der Waals surface area contributed by atoms with Gasteiger partial charge in [-0.1, -0.05) is 44.4 Å². The van der Waals surface area contributed by atoms with Gasteiger partial charge in [0.05, 0.1) is 0 Å². The molecule has 0 heterocycles. The normalized spacial score (nSPS) is 22.3. The maximum atomic E-state index is 11.3. The van der Waals surface area contributed by atoms with Gasteiger partial charge in [-0.25, -0.2) is 0 Å². The van der Waals surface area contributed by atoms with Crippen LogP contribution in [0.15, 0.2) is 24.3 Å². The highest BCUT2D eigenvalue weighted by atomic mass is 35.5. The van der Waals surface area contributed by atoms with Crippen LogP contribution < -0.4 is 4.90 Å². The predicted molar refractivity (Wildman–Crippen MR) is 87.0 cm³/mol. The van der Waals surface area contributed by atoms with Crippen molar-refractivity contribution < 1.29 is 9.90 Å². The van der Waals surface area contributed by atoms with E-state index in [1.165, 1.54) is 19.3 Å². The van der Waals surface area contributed by atoms with E-state index in [0.29, 0.717) is 16.9 Å². The van der Waals surface area contributed by atoms with Gasteiger partial charge in [0, 0.05) is 16.8 Å². The highest BCUT2D eigenvalue weighted by Crippen LogP contribution is 2.36. The van der Waals surface area contributed by atoms with Crippen molar-refractivity contribution in [3.63, 3.8) is 0 Å². The average molecular weight is 310 g/mol. The first-order valence-corrected chi connectivity index (χ1v) is 8.11. The molecule has 0 aromatic heterocycles. The second kappa shape index (κ2) is 7.17. The molecule has 1 aromatic carbocycles. The van der Waals surface area contributed by atoms with Gasteiger partial charge in [-0.05, 0) is 42.9 Å². The molecule has 1 fully saturated rings. The molecule has 0 radical (unpaired) electrons. The fourth-order valence-electron chi connectivity index (χ4n) is 3.51. The number of anilines is 1. The maximum absolute atomic E-state index is 11.3. The number of carboxylic acid groups (broad SMARTS) is 1. The van der Waals surface area contributed by atoms with Gasteiger partial charge < -0.3 is 10.0 Å². The SMILES string of the molecule is CC(C)C1CCCCC1N(CC(=O)O)c1cccc(Cl)c1. The summed E-state index contributed by atoms with van der Waals surface area (Å²) in [6.07, 6.45) is 4.65. The summed E-state index contributed by atoms with van der Waals surface area (Å²) < 4.78 is 0. The van der Waals surface area contributed by atoms with Crippen molar-refractivity contribution in [3.8, 4) is 0 Å². The van der Waals surface area contributed by atoms with Gasteiger partial charge in [0.15, 0.2) is 0 Å². The number of benzene rings is 1. The maximum Gasteiger partial charge on any atom is 0.323 e. The number of carboxylic acids is 1. The van der Waals surface area contributed by atoms with E-state index in [1.807, 2.05) is 29.2 Å². The van der Waals surface area contributed by atoms with E-state index in [1.54, 1.807) is 0 Å². The van der Waals surface area contributed by atoms with Crippen LogP contribution in [0.1, 0.15) is 39.5 Å². The Hall–Kier alpha value is -1.22. The highest BCUT2D eigenvalue weighted by Gasteiger charge is 2.33. The summed E-state index contributed by atoms with van der Waals surface area (Å²) in [4.78, 5) is 13.4. The molecule has 21 heavy (non-hydrogen) atoms. The summed E-state index contributed by atoms with van der Waals surface area (Å²) in [7, 11) is 0. The molecule has 2 rings (SSSR count). The zero-order chi connectivity index (χ0) is 15.4. The lowest BCUT2D eigenvalue weighted by Crippen LogP contribution is -2.46. The first-order chi connectivity index (χ1) is 9.99. The molecule has 1 aromatic rings. The van der Waals surface area contributed by atoms with Crippen molar-refractivity contribution >= 4 is 23.3 Å². The molecule has 1 aliphatic carbocycles. The Bertz CT molecular complexity index is 489. The van der Waals surface area contributed by atoms with Crippen LogP contribution >= 0.6 is 11.6 Å². The summed E-state index contributed by atoms with van der Waals surface area (Å²) >= 11 is 6.09. The third kappa shape index (κ3) is 4.13. The molecular formula is C17H24ClNO2. The monoisotopic (exact) mass is 309 g/mol. The van der Waals surface area contributed by atoms with Crippen LogP contribution in [-0.4, -0.2) is 23.7 Å². The second-order valence-corrected chi connectivity index (χ2v) is 6.70. The minimum atomic E-state index is -0.789. The topological polar surface area (TPSA) is 40.5 Å². The third-order valence-corrected chi connectivity index (χ3v) is 4.72. The van der Waals surface area contributed by atoms with E-state index in [4.69, 9.17) is 11.6 Å². The summed E-state index contributed by atoms with van der Waals surface area (Å²) in [6.45, 7) is 4.51. The van der Waals surface area contributed by atoms with Crippen LogP contribution in [0.2, 0.25) is 5.02 Å². The van der Waals surface area contributed by atoms with E-state index in [2.05, 4.69) is 13.8 Å². The lowest BCUT2D eigenvalue weighted by Gasteiger charge is -2.42. The molecule has 0 amide bonds. The van der Waals surface area contributed by atoms with Gasteiger partial charge in [-0.3, -0.25) is 4.79 Å². The van der Waals surface area contributed by atoms with E-state index in [9.17, 15) is 9.90 Å². The number of hydrogen-bond donors (Lipinski definition) is 1. The smallest absolute Gasteiger partial charge is 0.323 e. The quantitative estimate of drug-likeness (QED) is 0.873. The zero-order valence-corrected chi connectivity index (χ0v) is 13.5. The number of carbonyl (C=O) groups is 1. The summed E-state index contributed by atoms with van der Waals surface area (Å²) in [5.74, 6) is 0.311. The molecule has 1 saturated carbocycles. The van der Waals surface area contributed by atoms with Crippen LogP contribution in [0.3, 0.4) is 0 Å². The molecule has 0 aliphatic heterocycles. The molecular weight excluding hydrogens is 286 g/mol. The van der Waals surface area contributed by atoms with Crippen molar-refractivity contribution in [2.75, 3.05) is 11.4 Å². The van der Waals surface area contributed by atoms with Crippen LogP contribution in [0, 0.1) is 11.8 Å². The fourth-order valence-corrected chi connectivity index (χ4v) is 3.69. The average Bonchev–Trinajstić information content (AvgIpc) is 2.44. The Labute approximate surface area is 131 Å². The van der Waals surface area contributed by atoms with E-state index in [-0.39, 0.29) is 12.6 Å². The summed E-state index contributed by atoms with van der Waals surface area (Å²) in [5.41, 5.74) is 0.919. The largest absolute Gasteiger partial charge is 0.480 e. The van der Waals surface area contributed by atoms with Crippen molar-refractivity contribution in [2.45, 2.75) is 45.6 Å². The third-order valence-electron chi connectivity index (χ3n) is 4.48. The van der Waals surface area contributed by atoms with E-state index in [0.717, 1.165) is 12.1 Å². The number of aliphatic carboxylic acids is 1. The number of rotatable bonds is 5. The molecule has 2 unspecified atom stereocenters. The molecule has 1 N–H and O–H groups in total. The standard InChI is InChI=1S/C17H24ClNO2/c1-12(2)15-8-3-4-9-16(15)19(11-17(20)21)14-7-5-6-13(18)10-14/h5-7,10,12,15-16H,3-4,8-9,11H2,1-2H3,(H,20,21). The van der Waals surface area contributed by atoms with Crippen molar-refractivity contribution in [2.24, 2.45) is 11.8 Å². The van der Waals surface area contributed by atoms with Crippen molar-refractivity contribution in [1.82, 2.24) is 0 Å². The van der Waals surface area contributed by atoms with Gasteiger partial charge in [-0.15, -0.1) is 0 Å². The molecule has 0 spiro atoms. The summed E-state index contributed by atoms with van der Waals surface area (Å²) in [5, 5.41) is 9.95. The van der Waals surface area contributed by atoms with Crippen LogP contribution in [0.5, 0.6) is 0 Å². The molecule has 1 aliphatic rings. The highest BCUT2D eigenvalue weighted by molar-refractivity contribution is 6.30. The molecule has 2 atom stereocenters. The Morgan fingerprint density at radius 2 is 2.10 bits per heavy atom. The van der Waals surface area contributed by atoms with Gasteiger partial charge in [0.25, 0.3) is 0 Å². The van der Waals surface area contributed by atoms with Crippen molar-refractivity contribution in [3.05, 3.63) is 29.3 Å². The van der Waals surface area contributed by atoms with Crippen LogP contribution in [-0.2, 0) is 4.79 Å². The lowest BCUT2D eigenvalue weighted by atomic mass is 9.77. The Kier molecular flexibility index (Phi) is 5.51. The van der Waals surface area contributed by atoms with Gasteiger partial charge in [0.2, 0.25) is 0 Å². The van der Waals surface area contributed by atoms with Gasteiger partial charge >= 0.3 is 5.97 Å². The predicted octanol–water partition coefficient (Wildman–Crippen LogP) is 4.45. The van der Waals surface area contributed by atoms with Crippen LogP contribution in [0.25, 0.3) is 0 Å². The summed E-state index contributed by atoms with van der Waals surface area (Å²) in [6, 6.07) is 7.83. The Morgan fingerprint density at radius 3 is 2.71 bits per heavy atom. The minimum Gasteiger partial charge on any atom is -0.480 e.